The Morgan fingerprint density at radius 2 is 1.93 bits per heavy atom. The van der Waals surface area contributed by atoms with Crippen molar-refractivity contribution in [2.24, 2.45) is 0 Å². The van der Waals surface area contributed by atoms with Crippen LogP contribution in [0.3, 0.4) is 0 Å². The molecule has 0 fully saturated rings. The quantitative estimate of drug-likeness (QED) is 0.596. The summed E-state index contributed by atoms with van der Waals surface area (Å²) in [5, 5.41) is 12.5. The number of nitrogens with one attached hydrogen (secondary N) is 1. The third kappa shape index (κ3) is 1.78. The third-order valence-electron chi connectivity index (χ3n) is 1.89. The van der Waals surface area contributed by atoms with E-state index in [9.17, 15) is 14.9 Å². The minimum atomic E-state index is -0.489. The number of rotatable bonds is 2. The van der Waals surface area contributed by atoms with Crippen LogP contribution in [0.2, 0.25) is 0 Å². The van der Waals surface area contributed by atoms with Gasteiger partial charge in [0.15, 0.2) is 5.76 Å². The number of H-pyrrole nitrogens is 1. The minimum Gasteiger partial charge on any atom is -0.378 e. The zero-order chi connectivity index (χ0) is 10.8. The Kier molecular flexibility index (Phi) is 2.09. The number of hydrogen-bond donors (Lipinski definition) is 1. The van der Waals surface area contributed by atoms with Crippen LogP contribution in [0.1, 0.15) is 0 Å². The van der Waals surface area contributed by atoms with Gasteiger partial charge in [-0.1, -0.05) is 0 Å². The van der Waals surface area contributed by atoms with Gasteiger partial charge in [-0.3, -0.25) is 14.9 Å². The summed E-state index contributed by atoms with van der Waals surface area (Å²) in [5.41, 5.74) is 0.263. The molecule has 0 aliphatic heterocycles. The number of hydrogen-bond acceptors (Lipinski definition) is 4. The first-order valence-electron chi connectivity index (χ1n) is 4.10. The molecular weight excluding hydrogens is 200 g/mol. The number of nitro benzene ring substituents is 1. The molecule has 15 heavy (non-hydrogen) atoms. The fraction of sp³-hybridized carbons (Fsp3) is 0. The highest BCUT2D eigenvalue weighted by Gasteiger charge is 2.07. The second kappa shape index (κ2) is 3.41. The Labute approximate surface area is 83.3 Å². The fourth-order valence-electron chi connectivity index (χ4n) is 1.17. The normalized spacial score (nSPS) is 10.1. The lowest BCUT2D eigenvalue weighted by Gasteiger charge is -1.94. The van der Waals surface area contributed by atoms with E-state index in [1.165, 1.54) is 30.3 Å². The predicted molar refractivity (Wildman–Crippen MR) is 51.4 cm³/mol. The van der Waals surface area contributed by atoms with E-state index in [1.54, 1.807) is 0 Å². The zero-order valence-corrected chi connectivity index (χ0v) is 7.47. The molecule has 0 aliphatic rings. The zero-order valence-electron chi connectivity index (χ0n) is 7.47. The van der Waals surface area contributed by atoms with E-state index in [1.807, 2.05) is 0 Å². The maximum absolute atomic E-state index is 10.8. The lowest BCUT2D eigenvalue weighted by molar-refractivity contribution is -0.384. The number of aromatic nitrogens is 1. The Morgan fingerprint density at radius 1 is 1.27 bits per heavy atom. The molecular formula is C9H6N2O4. The van der Waals surface area contributed by atoms with Gasteiger partial charge in [0.05, 0.1) is 11.0 Å². The fourth-order valence-corrected chi connectivity index (χ4v) is 1.17. The van der Waals surface area contributed by atoms with E-state index in [0.717, 1.165) is 0 Å². The maximum atomic E-state index is 10.8. The first-order chi connectivity index (χ1) is 7.16. The summed E-state index contributed by atoms with van der Waals surface area (Å²) in [6.07, 6.45) is 0. The van der Waals surface area contributed by atoms with Crippen LogP contribution in [-0.2, 0) is 0 Å². The van der Waals surface area contributed by atoms with Crippen molar-refractivity contribution in [3.05, 3.63) is 50.8 Å². The third-order valence-corrected chi connectivity index (χ3v) is 1.89. The monoisotopic (exact) mass is 206 g/mol. The van der Waals surface area contributed by atoms with E-state index >= 15 is 0 Å². The van der Waals surface area contributed by atoms with E-state index in [0.29, 0.717) is 11.3 Å². The Morgan fingerprint density at radius 3 is 2.40 bits per heavy atom. The van der Waals surface area contributed by atoms with Gasteiger partial charge in [-0.25, -0.2) is 0 Å². The van der Waals surface area contributed by atoms with Gasteiger partial charge in [-0.05, 0) is 12.1 Å². The van der Waals surface area contributed by atoms with Crippen LogP contribution in [-0.4, -0.2) is 10.1 Å². The molecule has 76 valence electrons. The largest absolute Gasteiger partial charge is 0.378 e. The molecule has 1 heterocycles. The Hall–Kier alpha value is -2.37. The molecule has 0 saturated heterocycles. The van der Waals surface area contributed by atoms with Gasteiger partial charge in [0.1, 0.15) is 0 Å². The summed E-state index contributed by atoms with van der Waals surface area (Å²) >= 11 is 0. The molecule has 0 aliphatic carbocycles. The van der Waals surface area contributed by atoms with E-state index in [2.05, 4.69) is 5.16 Å². The van der Waals surface area contributed by atoms with Gasteiger partial charge >= 0.3 is 0 Å². The van der Waals surface area contributed by atoms with Crippen molar-refractivity contribution < 1.29 is 9.45 Å². The van der Waals surface area contributed by atoms with Gasteiger partial charge in [0.25, 0.3) is 11.2 Å². The highest BCUT2D eigenvalue weighted by Crippen LogP contribution is 2.20. The first-order valence-corrected chi connectivity index (χ1v) is 4.10. The summed E-state index contributed by atoms with van der Waals surface area (Å²) in [4.78, 5) is 20.7. The molecule has 6 heteroatoms. The number of nitrogens with zero attached hydrogens (tertiary/aromatic N) is 1. The van der Waals surface area contributed by atoms with Crippen molar-refractivity contribution in [3.8, 4) is 11.3 Å². The van der Waals surface area contributed by atoms with Crippen LogP contribution in [0.5, 0.6) is 0 Å². The molecule has 0 bridgehead atoms. The summed E-state index contributed by atoms with van der Waals surface area (Å²) in [6, 6.07) is 7.01. The second-order valence-electron chi connectivity index (χ2n) is 2.88. The molecule has 2 aromatic rings. The molecule has 0 unspecified atom stereocenters. The number of benzene rings is 1. The SMILES string of the molecule is O=c1cc(-c2ccc([N+](=O)[O-])cc2)o[nH]1. The molecule has 0 saturated carbocycles. The molecule has 0 spiro atoms. The average Bonchev–Trinajstić information content (AvgIpc) is 2.65. The lowest BCUT2D eigenvalue weighted by atomic mass is 10.1. The highest BCUT2D eigenvalue weighted by atomic mass is 16.6. The summed E-state index contributed by atoms with van der Waals surface area (Å²) in [7, 11) is 0. The average molecular weight is 206 g/mol. The maximum Gasteiger partial charge on any atom is 0.280 e. The minimum absolute atomic E-state index is 0.00312. The number of non-ortho nitro benzene ring substituents is 1. The molecule has 1 aromatic heterocycles. The van der Waals surface area contributed by atoms with Gasteiger partial charge < -0.3 is 4.52 Å². The van der Waals surface area contributed by atoms with Crippen LogP contribution < -0.4 is 5.56 Å². The topological polar surface area (TPSA) is 89.1 Å². The summed E-state index contributed by atoms with van der Waals surface area (Å²) in [6.45, 7) is 0. The van der Waals surface area contributed by atoms with Crippen LogP contribution in [0.4, 0.5) is 5.69 Å². The van der Waals surface area contributed by atoms with Crippen molar-refractivity contribution >= 4 is 5.69 Å². The van der Waals surface area contributed by atoms with Crippen molar-refractivity contribution in [1.82, 2.24) is 5.16 Å². The molecule has 0 atom stereocenters. The predicted octanol–water partition coefficient (Wildman–Crippen LogP) is 1.54. The van der Waals surface area contributed by atoms with Gasteiger partial charge in [0.2, 0.25) is 0 Å². The molecule has 1 aromatic carbocycles. The molecule has 0 amide bonds. The number of aromatic amines is 1. The summed E-state index contributed by atoms with van der Waals surface area (Å²) < 4.78 is 4.84. The number of nitro groups is 1. The molecule has 2 rings (SSSR count). The summed E-state index contributed by atoms with van der Waals surface area (Å²) in [5.74, 6) is 0.356. The van der Waals surface area contributed by atoms with Gasteiger partial charge in [-0.2, -0.15) is 5.16 Å². The van der Waals surface area contributed by atoms with Crippen LogP contribution in [0, 0.1) is 10.1 Å². The molecule has 0 radical (unpaired) electrons. The highest BCUT2D eigenvalue weighted by molar-refractivity contribution is 5.58. The van der Waals surface area contributed by atoms with Crippen molar-refractivity contribution in [1.29, 1.82) is 0 Å². The smallest absolute Gasteiger partial charge is 0.280 e. The Bertz CT molecular complexity index is 538. The standard InChI is InChI=1S/C9H6N2O4/c12-9-5-8(15-10-9)6-1-3-7(4-2-6)11(13)14/h1-5H,(H,10,12). The Balaban J connectivity index is 2.39. The van der Waals surface area contributed by atoms with Crippen LogP contribution >= 0.6 is 0 Å². The van der Waals surface area contributed by atoms with Crippen LogP contribution in [0.15, 0.2) is 39.6 Å². The van der Waals surface area contributed by atoms with Gasteiger partial charge in [-0.15, -0.1) is 0 Å². The molecule has 1 N–H and O–H groups in total. The van der Waals surface area contributed by atoms with Gasteiger partial charge in [0, 0.05) is 17.7 Å². The molecule has 6 nitrogen and oxygen atoms in total. The van der Waals surface area contributed by atoms with Crippen LogP contribution in [0.25, 0.3) is 11.3 Å². The van der Waals surface area contributed by atoms with E-state index < -0.39 is 4.92 Å². The van der Waals surface area contributed by atoms with E-state index in [-0.39, 0.29) is 11.2 Å². The van der Waals surface area contributed by atoms with Crippen molar-refractivity contribution in [2.75, 3.05) is 0 Å². The van der Waals surface area contributed by atoms with E-state index in [4.69, 9.17) is 4.52 Å². The van der Waals surface area contributed by atoms with Crippen molar-refractivity contribution in [2.45, 2.75) is 0 Å². The second-order valence-corrected chi connectivity index (χ2v) is 2.88. The first kappa shape index (κ1) is 9.20. The van der Waals surface area contributed by atoms with Crippen molar-refractivity contribution in [3.63, 3.8) is 0 Å². The lowest BCUT2D eigenvalue weighted by Crippen LogP contribution is -1.92.